The van der Waals surface area contributed by atoms with Crippen LogP contribution in [0.4, 0.5) is 5.82 Å². The van der Waals surface area contributed by atoms with E-state index in [0.717, 1.165) is 17.3 Å². The van der Waals surface area contributed by atoms with Crippen molar-refractivity contribution in [1.29, 1.82) is 0 Å². The average Bonchev–Trinajstić information content (AvgIpc) is 2.67. The van der Waals surface area contributed by atoms with Gasteiger partial charge >= 0.3 is 0 Å². The first-order valence-electron chi connectivity index (χ1n) is 5.42. The zero-order valence-corrected chi connectivity index (χ0v) is 11.0. The van der Waals surface area contributed by atoms with E-state index in [4.69, 9.17) is 0 Å². The summed E-state index contributed by atoms with van der Waals surface area (Å²) in [5.74, 6) is 0.656. The van der Waals surface area contributed by atoms with E-state index in [1.165, 1.54) is 0 Å². The van der Waals surface area contributed by atoms with Gasteiger partial charge in [-0.05, 0) is 6.07 Å². The Bertz CT molecular complexity index is 649. The van der Waals surface area contributed by atoms with Gasteiger partial charge < -0.3 is 9.88 Å². The highest BCUT2D eigenvalue weighted by Crippen LogP contribution is 2.17. The largest absolute Gasteiger partial charge is 0.367 e. The number of nitrogens with zero attached hydrogens (tertiary/aromatic N) is 3. The lowest BCUT2D eigenvalue weighted by molar-refractivity contribution is 0.589. The minimum Gasteiger partial charge on any atom is -0.367 e. The summed E-state index contributed by atoms with van der Waals surface area (Å²) in [4.78, 5) is 8.44. The molecule has 0 bridgehead atoms. The maximum atomic E-state index is 10.9. The Balaban J connectivity index is 2.04. The van der Waals surface area contributed by atoms with Gasteiger partial charge in [-0.1, -0.05) is 0 Å². The second-order valence-electron chi connectivity index (χ2n) is 3.98. The van der Waals surface area contributed by atoms with Gasteiger partial charge in [-0.15, -0.1) is 0 Å². The van der Waals surface area contributed by atoms with Crippen LogP contribution in [-0.2, 0) is 17.1 Å². The number of hydrogen-bond donors (Lipinski definition) is 2. The molecule has 0 atom stereocenters. The monoisotopic (exact) mass is 269 g/mol. The molecule has 8 heteroatoms. The molecule has 0 aromatic carbocycles. The fourth-order valence-electron chi connectivity index (χ4n) is 1.61. The summed E-state index contributed by atoms with van der Waals surface area (Å²) < 4.78 is 26.1. The van der Waals surface area contributed by atoms with E-state index in [0.29, 0.717) is 18.9 Å². The number of aryl methyl sites for hydroxylation is 1. The predicted octanol–water partition coefficient (Wildman–Crippen LogP) is -0.0706. The molecule has 2 N–H and O–H groups in total. The van der Waals surface area contributed by atoms with Gasteiger partial charge in [0, 0.05) is 26.3 Å². The quantitative estimate of drug-likeness (QED) is 0.742. The molecule has 98 valence electrons. The second kappa shape index (κ2) is 4.91. The van der Waals surface area contributed by atoms with Gasteiger partial charge in [0.2, 0.25) is 10.0 Å². The van der Waals surface area contributed by atoms with Crippen LogP contribution in [-0.4, -0.2) is 42.3 Å². The summed E-state index contributed by atoms with van der Waals surface area (Å²) in [7, 11) is -1.24. The first-order chi connectivity index (χ1) is 8.47. The molecule has 0 unspecified atom stereocenters. The Morgan fingerprint density at radius 3 is 2.83 bits per heavy atom. The van der Waals surface area contributed by atoms with Crippen molar-refractivity contribution in [3.05, 3.63) is 18.6 Å². The molecule has 0 spiro atoms. The number of hydrogen-bond acceptors (Lipinski definition) is 5. The summed E-state index contributed by atoms with van der Waals surface area (Å²) >= 11 is 0. The fraction of sp³-hybridized carbons (Fsp3) is 0.400. The molecule has 0 aliphatic rings. The molecule has 0 saturated heterocycles. The highest BCUT2D eigenvalue weighted by Gasteiger charge is 2.06. The lowest BCUT2D eigenvalue weighted by atomic mass is 10.4. The van der Waals surface area contributed by atoms with E-state index >= 15 is 0 Å². The second-order valence-corrected chi connectivity index (χ2v) is 5.81. The first kappa shape index (κ1) is 12.8. The summed E-state index contributed by atoms with van der Waals surface area (Å²) in [6.07, 6.45) is 4.54. The van der Waals surface area contributed by atoms with Crippen molar-refractivity contribution in [2.45, 2.75) is 0 Å². The van der Waals surface area contributed by atoms with E-state index in [1.807, 2.05) is 17.7 Å². The van der Waals surface area contributed by atoms with Gasteiger partial charge in [0.1, 0.15) is 5.52 Å². The normalized spacial score (nSPS) is 11.9. The molecule has 2 rings (SSSR count). The lowest BCUT2D eigenvalue weighted by Gasteiger charge is -2.06. The van der Waals surface area contributed by atoms with Crippen LogP contribution >= 0.6 is 0 Å². The maximum absolute atomic E-state index is 10.9. The highest BCUT2D eigenvalue weighted by molar-refractivity contribution is 7.88. The minimum atomic E-state index is -3.15. The molecule has 0 aliphatic carbocycles. The molecule has 0 aliphatic heterocycles. The van der Waals surface area contributed by atoms with Gasteiger partial charge in [-0.2, -0.15) is 0 Å². The van der Waals surface area contributed by atoms with Gasteiger partial charge in [-0.25, -0.2) is 23.1 Å². The van der Waals surface area contributed by atoms with E-state index in [-0.39, 0.29) is 0 Å². The number of nitrogens with one attached hydrogen (secondary N) is 2. The van der Waals surface area contributed by atoms with Crippen LogP contribution in [0.15, 0.2) is 18.6 Å². The van der Waals surface area contributed by atoms with Gasteiger partial charge in [0.25, 0.3) is 0 Å². The van der Waals surface area contributed by atoms with Crippen LogP contribution in [0.1, 0.15) is 0 Å². The SMILES string of the molecule is Cn1cnc2c(NCCNS(C)(=O)=O)nccc21. The molecule has 0 amide bonds. The molecule has 0 saturated carbocycles. The number of sulfonamides is 1. The molecular formula is C10H15N5O2S. The van der Waals surface area contributed by atoms with E-state index in [1.54, 1.807) is 12.5 Å². The fourth-order valence-corrected chi connectivity index (χ4v) is 2.08. The Morgan fingerprint density at radius 2 is 2.11 bits per heavy atom. The number of imidazole rings is 1. The Labute approximate surface area is 105 Å². The highest BCUT2D eigenvalue weighted by atomic mass is 32.2. The maximum Gasteiger partial charge on any atom is 0.208 e. The predicted molar refractivity (Wildman–Crippen MR) is 69.8 cm³/mol. The van der Waals surface area contributed by atoms with Gasteiger partial charge in [0.15, 0.2) is 5.82 Å². The van der Waals surface area contributed by atoms with Crippen molar-refractivity contribution in [3.8, 4) is 0 Å². The summed E-state index contributed by atoms with van der Waals surface area (Å²) in [6, 6.07) is 1.88. The topological polar surface area (TPSA) is 88.9 Å². The summed E-state index contributed by atoms with van der Waals surface area (Å²) in [5.41, 5.74) is 1.75. The van der Waals surface area contributed by atoms with Crippen molar-refractivity contribution < 1.29 is 8.42 Å². The van der Waals surface area contributed by atoms with E-state index in [2.05, 4.69) is 20.0 Å². The molecule has 0 fully saturated rings. The molecule has 2 heterocycles. The van der Waals surface area contributed by atoms with Crippen LogP contribution in [0.25, 0.3) is 11.0 Å². The lowest BCUT2D eigenvalue weighted by Crippen LogP contribution is -2.27. The minimum absolute atomic E-state index is 0.309. The third kappa shape index (κ3) is 2.96. The zero-order valence-electron chi connectivity index (χ0n) is 10.2. The Morgan fingerprint density at radius 1 is 1.33 bits per heavy atom. The molecule has 2 aromatic heterocycles. The first-order valence-corrected chi connectivity index (χ1v) is 7.31. The van der Waals surface area contributed by atoms with Crippen LogP contribution in [0.2, 0.25) is 0 Å². The summed E-state index contributed by atoms with van der Waals surface area (Å²) in [6.45, 7) is 0.763. The van der Waals surface area contributed by atoms with Crippen molar-refractivity contribution >= 4 is 26.9 Å². The van der Waals surface area contributed by atoms with Gasteiger partial charge in [-0.3, -0.25) is 0 Å². The number of aromatic nitrogens is 3. The Kier molecular flexibility index (Phi) is 3.48. The molecule has 0 radical (unpaired) electrons. The van der Waals surface area contributed by atoms with Crippen molar-refractivity contribution in [3.63, 3.8) is 0 Å². The zero-order chi connectivity index (χ0) is 13.2. The molecule has 7 nitrogen and oxygen atoms in total. The molecular weight excluding hydrogens is 254 g/mol. The van der Waals surface area contributed by atoms with Crippen molar-refractivity contribution in [2.24, 2.45) is 7.05 Å². The Hall–Kier alpha value is -1.67. The van der Waals surface area contributed by atoms with Gasteiger partial charge in [0.05, 0.1) is 18.1 Å². The molecule has 2 aromatic rings. The van der Waals surface area contributed by atoms with E-state index < -0.39 is 10.0 Å². The van der Waals surface area contributed by atoms with Crippen LogP contribution in [0.5, 0.6) is 0 Å². The van der Waals surface area contributed by atoms with E-state index in [9.17, 15) is 8.42 Å². The average molecular weight is 269 g/mol. The number of rotatable bonds is 5. The summed E-state index contributed by atoms with van der Waals surface area (Å²) in [5, 5.41) is 3.06. The number of fused-ring (bicyclic) bond motifs is 1. The van der Waals surface area contributed by atoms with Crippen LogP contribution in [0.3, 0.4) is 0 Å². The van der Waals surface area contributed by atoms with Crippen LogP contribution in [0, 0.1) is 0 Å². The third-order valence-electron chi connectivity index (χ3n) is 2.42. The van der Waals surface area contributed by atoms with Crippen LogP contribution < -0.4 is 10.0 Å². The van der Waals surface area contributed by atoms with Crippen molar-refractivity contribution in [1.82, 2.24) is 19.3 Å². The standard InChI is InChI=1S/C10H15N5O2S/c1-15-7-13-9-8(15)3-4-11-10(9)12-5-6-14-18(2,16)17/h3-4,7,14H,5-6H2,1-2H3,(H,11,12). The third-order valence-corrected chi connectivity index (χ3v) is 3.15. The van der Waals surface area contributed by atoms with Crippen molar-refractivity contribution in [2.75, 3.05) is 24.7 Å². The molecule has 18 heavy (non-hydrogen) atoms. The number of pyridine rings is 1. The number of anilines is 1. The smallest absolute Gasteiger partial charge is 0.208 e.